The Kier molecular flexibility index (Phi) is 4.96. The van der Waals surface area contributed by atoms with Crippen molar-refractivity contribution in [1.29, 1.82) is 0 Å². The zero-order chi connectivity index (χ0) is 17.9. The first-order valence-corrected chi connectivity index (χ1v) is 9.74. The van der Waals surface area contributed by atoms with Crippen molar-refractivity contribution in [2.75, 3.05) is 0 Å². The number of aromatic nitrogens is 2. The number of hydrogen-bond donors (Lipinski definition) is 0. The summed E-state index contributed by atoms with van der Waals surface area (Å²) in [5.41, 5.74) is 6.15. The minimum atomic E-state index is 0.924. The first-order chi connectivity index (χ1) is 12.8. The SMILES string of the molecule is Brc1c(-c2ccnc(-c3ccccc3)c2Br)ccnc1-c1ccccc1. The largest absolute Gasteiger partial charge is 0.255 e. The lowest BCUT2D eigenvalue weighted by atomic mass is 10.0. The molecule has 4 aromatic rings. The van der Waals surface area contributed by atoms with E-state index < -0.39 is 0 Å². The van der Waals surface area contributed by atoms with Gasteiger partial charge < -0.3 is 0 Å². The van der Waals surface area contributed by atoms with Gasteiger partial charge in [0.2, 0.25) is 0 Å². The average Bonchev–Trinajstić information content (AvgIpc) is 2.70. The van der Waals surface area contributed by atoms with Crippen LogP contribution in [0.1, 0.15) is 0 Å². The fraction of sp³-hybridized carbons (Fsp3) is 0. The van der Waals surface area contributed by atoms with Crippen molar-refractivity contribution in [3.05, 3.63) is 94.1 Å². The monoisotopic (exact) mass is 464 g/mol. The van der Waals surface area contributed by atoms with Gasteiger partial charge in [0.1, 0.15) is 0 Å². The Labute approximate surface area is 169 Å². The molecule has 0 radical (unpaired) electrons. The number of benzene rings is 2. The molecule has 2 nitrogen and oxygen atoms in total. The lowest BCUT2D eigenvalue weighted by molar-refractivity contribution is 1.28. The molecule has 0 aliphatic rings. The van der Waals surface area contributed by atoms with Crippen LogP contribution in [0.15, 0.2) is 94.1 Å². The molecule has 0 N–H and O–H groups in total. The molecule has 0 aliphatic heterocycles. The van der Waals surface area contributed by atoms with E-state index in [1.165, 1.54) is 0 Å². The van der Waals surface area contributed by atoms with E-state index in [1.54, 1.807) is 0 Å². The fourth-order valence-electron chi connectivity index (χ4n) is 2.90. The highest BCUT2D eigenvalue weighted by atomic mass is 79.9. The molecule has 126 valence electrons. The lowest BCUT2D eigenvalue weighted by Gasteiger charge is -2.13. The van der Waals surface area contributed by atoms with Gasteiger partial charge in [-0.15, -0.1) is 0 Å². The maximum absolute atomic E-state index is 4.57. The van der Waals surface area contributed by atoms with Gasteiger partial charge in [-0.05, 0) is 44.0 Å². The Morgan fingerprint density at radius 1 is 0.500 bits per heavy atom. The molecule has 26 heavy (non-hydrogen) atoms. The van der Waals surface area contributed by atoms with Crippen molar-refractivity contribution in [2.24, 2.45) is 0 Å². The molecule has 0 saturated heterocycles. The third-order valence-electron chi connectivity index (χ3n) is 4.16. The summed E-state index contributed by atoms with van der Waals surface area (Å²) in [7, 11) is 0. The fourth-order valence-corrected chi connectivity index (χ4v) is 4.25. The van der Waals surface area contributed by atoms with Crippen molar-refractivity contribution in [2.45, 2.75) is 0 Å². The summed E-state index contributed by atoms with van der Waals surface area (Å²) >= 11 is 7.53. The predicted octanol–water partition coefficient (Wildman–Crippen LogP) is 7.00. The van der Waals surface area contributed by atoms with Crippen LogP contribution in [0, 0.1) is 0 Å². The average molecular weight is 466 g/mol. The highest BCUT2D eigenvalue weighted by Gasteiger charge is 2.16. The second kappa shape index (κ2) is 7.52. The van der Waals surface area contributed by atoms with Crippen LogP contribution in [0.3, 0.4) is 0 Å². The van der Waals surface area contributed by atoms with Crippen LogP contribution in [-0.2, 0) is 0 Å². The standard InChI is InChI=1S/C22H14Br2N2/c23-19-17(11-13-25-21(19)15-7-3-1-4-8-15)18-12-14-26-22(20(18)24)16-9-5-2-6-10-16/h1-14H. The molecule has 0 amide bonds. The zero-order valence-electron chi connectivity index (χ0n) is 13.7. The Morgan fingerprint density at radius 2 is 0.885 bits per heavy atom. The maximum atomic E-state index is 4.57. The molecule has 0 spiro atoms. The van der Waals surface area contributed by atoms with E-state index in [2.05, 4.69) is 66.1 Å². The lowest BCUT2D eigenvalue weighted by Crippen LogP contribution is -1.92. The molecule has 0 bridgehead atoms. The van der Waals surface area contributed by atoms with Gasteiger partial charge in [0.25, 0.3) is 0 Å². The Morgan fingerprint density at radius 3 is 1.27 bits per heavy atom. The maximum Gasteiger partial charge on any atom is 0.0850 e. The van der Waals surface area contributed by atoms with Gasteiger partial charge >= 0.3 is 0 Å². The summed E-state index contributed by atoms with van der Waals surface area (Å²) in [5, 5.41) is 0. The van der Waals surface area contributed by atoms with Gasteiger partial charge in [0.05, 0.1) is 20.3 Å². The first kappa shape index (κ1) is 17.1. The summed E-state index contributed by atoms with van der Waals surface area (Å²) in [6, 6.07) is 24.4. The third kappa shape index (κ3) is 3.22. The van der Waals surface area contributed by atoms with E-state index in [0.29, 0.717) is 0 Å². The van der Waals surface area contributed by atoms with Gasteiger partial charge in [-0.3, -0.25) is 9.97 Å². The van der Waals surface area contributed by atoms with Gasteiger partial charge in [-0.2, -0.15) is 0 Å². The summed E-state index contributed by atoms with van der Waals surface area (Å²) < 4.78 is 1.94. The van der Waals surface area contributed by atoms with Gasteiger partial charge in [-0.25, -0.2) is 0 Å². The van der Waals surface area contributed by atoms with Gasteiger partial charge in [0, 0.05) is 34.6 Å². The Bertz CT molecular complexity index is 961. The van der Waals surface area contributed by atoms with E-state index in [0.717, 1.165) is 42.6 Å². The number of halogens is 2. The van der Waals surface area contributed by atoms with Crippen molar-refractivity contribution in [3.8, 4) is 33.6 Å². The molecule has 4 rings (SSSR count). The van der Waals surface area contributed by atoms with Crippen LogP contribution in [-0.4, -0.2) is 9.97 Å². The van der Waals surface area contributed by atoms with Crippen LogP contribution in [0.4, 0.5) is 0 Å². The second-order valence-corrected chi connectivity index (χ2v) is 7.36. The van der Waals surface area contributed by atoms with Crippen molar-refractivity contribution >= 4 is 31.9 Å². The van der Waals surface area contributed by atoms with E-state index in [4.69, 9.17) is 0 Å². The molecule has 0 saturated carbocycles. The summed E-state index contributed by atoms with van der Waals surface area (Å²) in [6.07, 6.45) is 3.69. The molecule has 4 heteroatoms. The molecule has 0 atom stereocenters. The summed E-state index contributed by atoms with van der Waals surface area (Å²) in [4.78, 5) is 9.13. The van der Waals surface area contributed by atoms with Crippen LogP contribution < -0.4 is 0 Å². The molecular weight excluding hydrogens is 452 g/mol. The number of nitrogens with zero attached hydrogens (tertiary/aromatic N) is 2. The van der Waals surface area contributed by atoms with E-state index in [1.807, 2.05) is 60.9 Å². The van der Waals surface area contributed by atoms with Gasteiger partial charge in [0.15, 0.2) is 0 Å². The number of pyridine rings is 2. The van der Waals surface area contributed by atoms with Crippen molar-refractivity contribution < 1.29 is 0 Å². The normalized spacial score (nSPS) is 10.7. The summed E-state index contributed by atoms with van der Waals surface area (Å²) in [5.74, 6) is 0. The summed E-state index contributed by atoms with van der Waals surface area (Å²) in [6.45, 7) is 0. The van der Waals surface area contributed by atoms with Gasteiger partial charge in [-0.1, -0.05) is 60.7 Å². The Balaban J connectivity index is 1.87. The first-order valence-electron chi connectivity index (χ1n) is 8.16. The Hall–Kier alpha value is -2.30. The van der Waals surface area contributed by atoms with Crippen LogP contribution in [0.2, 0.25) is 0 Å². The van der Waals surface area contributed by atoms with Crippen molar-refractivity contribution in [3.63, 3.8) is 0 Å². The van der Waals surface area contributed by atoms with E-state index in [9.17, 15) is 0 Å². The minimum Gasteiger partial charge on any atom is -0.255 e. The molecule has 2 aromatic heterocycles. The highest BCUT2D eigenvalue weighted by molar-refractivity contribution is 9.11. The second-order valence-electron chi connectivity index (χ2n) is 5.77. The minimum absolute atomic E-state index is 0.924. The number of rotatable bonds is 3. The van der Waals surface area contributed by atoms with Crippen LogP contribution in [0.5, 0.6) is 0 Å². The highest BCUT2D eigenvalue weighted by Crippen LogP contribution is 2.40. The molecule has 2 aromatic carbocycles. The van der Waals surface area contributed by atoms with Crippen molar-refractivity contribution in [1.82, 2.24) is 9.97 Å². The molecule has 0 fully saturated rings. The predicted molar refractivity (Wildman–Crippen MR) is 114 cm³/mol. The third-order valence-corrected chi connectivity index (χ3v) is 5.77. The van der Waals surface area contributed by atoms with Crippen LogP contribution >= 0.6 is 31.9 Å². The zero-order valence-corrected chi connectivity index (χ0v) is 16.9. The van der Waals surface area contributed by atoms with Crippen LogP contribution in [0.25, 0.3) is 33.6 Å². The van der Waals surface area contributed by atoms with E-state index >= 15 is 0 Å². The topological polar surface area (TPSA) is 25.8 Å². The van der Waals surface area contributed by atoms with E-state index in [-0.39, 0.29) is 0 Å². The molecule has 0 aliphatic carbocycles. The smallest absolute Gasteiger partial charge is 0.0850 e. The number of hydrogen-bond acceptors (Lipinski definition) is 2. The molecular formula is C22H14Br2N2. The quantitative estimate of drug-likeness (QED) is 0.325. The molecule has 2 heterocycles. The molecule has 0 unspecified atom stereocenters.